The number of carbonyl (C=O) groups is 1. The highest BCUT2D eigenvalue weighted by molar-refractivity contribution is 7.90. The normalized spacial score (nSPS) is 28.8. The van der Waals surface area contributed by atoms with Gasteiger partial charge in [0.1, 0.15) is 5.60 Å². The zero-order valence-electron chi connectivity index (χ0n) is 22.2. The van der Waals surface area contributed by atoms with Crippen LogP contribution in [0.2, 0.25) is 0 Å². The van der Waals surface area contributed by atoms with Gasteiger partial charge in [-0.2, -0.15) is 0 Å². The summed E-state index contributed by atoms with van der Waals surface area (Å²) in [5.41, 5.74) is -0.541. The fraction of sp³-hybridized carbons (Fsp3) is 0.957. The molecule has 36 heavy (non-hydrogen) atoms. The maximum atomic E-state index is 12.2. The number of hydrogen-bond acceptors (Lipinski definition) is 7. The molecule has 2 aliphatic carbocycles. The Hall–Kier alpha value is -0.660. The molecule has 4 aliphatic rings. The predicted octanol–water partition coefficient (Wildman–Crippen LogP) is 2.49. The molecule has 4 fully saturated rings. The summed E-state index contributed by atoms with van der Waals surface area (Å²) in [5, 5.41) is 2.99. The van der Waals surface area contributed by atoms with Gasteiger partial charge in [-0.3, -0.25) is 0 Å². The lowest BCUT2D eigenvalue weighted by atomic mass is 10.1. The van der Waals surface area contributed by atoms with Crippen molar-refractivity contribution in [1.29, 1.82) is 0 Å². The summed E-state index contributed by atoms with van der Waals surface area (Å²) < 4.78 is 58.2. The molecule has 2 aliphatic heterocycles. The van der Waals surface area contributed by atoms with Gasteiger partial charge in [-0.05, 0) is 72.1 Å². The van der Waals surface area contributed by atoms with Gasteiger partial charge in [0.15, 0.2) is 0 Å². The third-order valence-electron chi connectivity index (χ3n) is 6.82. The number of amides is 1. The van der Waals surface area contributed by atoms with Gasteiger partial charge < -0.3 is 15.0 Å². The van der Waals surface area contributed by atoms with Crippen LogP contribution in [0.15, 0.2) is 0 Å². The number of likely N-dealkylation sites (tertiary alicyclic amines) is 1. The second-order valence-corrected chi connectivity index (χ2v) is 15.3. The first-order valence-corrected chi connectivity index (χ1v) is 16.1. The van der Waals surface area contributed by atoms with E-state index in [1.807, 2.05) is 27.7 Å². The van der Waals surface area contributed by atoms with E-state index in [1.54, 1.807) is 4.90 Å². The van der Waals surface area contributed by atoms with Crippen LogP contribution in [0.1, 0.15) is 86.0 Å². The van der Waals surface area contributed by atoms with E-state index in [2.05, 4.69) is 21.7 Å². The minimum Gasteiger partial charge on any atom is -0.444 e. The van der Waals surface area contributed by atoms with Crippen LogP contribution >= 0.6 is 12.4 Å². The first-order valence-electron chi connectivity index (χ1n) is 13.0. The van der Waals surface area contributed by atoms with Crippen molar-refractivity contribution in [2.75, 3.05) is 13.1 Å². The van der Waals surface area contributed by atoms with E-state index in [4.69, 9.17) is 4.74 Å². The topological polar surface area (TPSA) is 134 Å². The van der Waals surface area contributed by atoms with Crippen LogP contribution < -0.4 is 14.8 Å². The van der Waals surface area contributed by atoms with Gasteiger partial charge in [0, 0.05) is 37.3 Å². The molecule has 0 aromatic rings. The monoisotopic (exact) mass is 572 g/mol. The number of hydrogen-bond donors (Lipinski definition) is 3. The van der Waals surface area contributed by atoms with E-state index in [0.29, 0.717) is 19.0 Å². The fourth-order valence-electron chi connectivity index (χ4n) is 4.57. The SMILES string of the molecule is CC[C@@H]1C[C@H](NS(=O)(=O)C2CC2)CN1.CC[C@@H]1C[C@H](NS(=O)(=O)C2CC2)CN1C(=O)OC(C)(C)C.Cl. The third-order valence-corrected chi connectivity index (χ3v) is 10.8. The standard InChI is InChI=1S/C14H26N2O4S.C9H18N2O2S.ClH/c1-5-11-8-10(15-21(18,19)12-6-7-12)9-16(11)13(17)20-14(2,3)4;1-2-7-5-8(6-10-7)11-14(12,13)9-3-4-9;/h10-12,15H,5-9H2,1-4H3;7-11H,2-6H2,1H3;1H/t10-,11+;7-,8+;/m01./s1. The lowest BCUT2D eigenvalue weighted by Gasteiger charge is -2.28. The van der Waals surface area contributed by atoms with Crippen LogP contribution in [0.25, 0.3) is 0 Å². The number of rotatable bonds is 8. The molecular weight excluding hydrogens is 528 g/mol. The van der Waals surface area contributed by atoms with Gasteiger partial charge in [0.05, 0.1) is 10.5 Å². The van der Waals surface area contributed by atoms with Crippen molar-refractivity contribution in [2.24, 2.45) is 0 Å². The summed E-state index contributed by atoms with van der Waals surface area (Å²) in [4.78, 5) is 13.9. The molecule has 4 rings (SSSR count). The lowest BCUT2D eigenvalue weighted by molar-refractivity contribution is 0.0221. The van der Waals surface area contributed by atoms with Crippen molar-refractivity contribution >= 4 is 38.5 Å². The van der Waals surface area contributed by atoms with Crippen molar-refractivity contribution in [2.45, 2.75) is 126 Å². The van der Waals surface area contributed by atoms with E-state index >= 15 is 0 Å². The maximum Gasteiger partial charge on any atom is 0.410 e. The summed E-state index contributed by atoms with van der Waals surface area (Å²) in [5.74, 6) is 0. The minimum absolute atomic E-state index is 0. The van der Waals surface area contributed by atoms with Crippen molar-refractivity contribution < 1.29 is 26.4 Å². The molecular formula is C23H45ClN4O6S2. The maximum absolute atomic E-state index is 12.2. The van der Waals surface area contributed by atoms with E-state index in [-0.39, 0.29) is 47.1 Å². The van der Waals surface area contributed by atoms with Gasteiger partial charge in [-0.15, -0.1) is 12.4 Å². The van der Waals surface area contributed by atoms with Crippen molar-refractivity contribution in [1.82, 2.24) is 19.7 Å². The zero-order chi connectivity index (χ0) is 26.0. The Labute approximate surface area is 223 Å². The molecule has 0 aromatic carbocycles. The molecule has 0 aromatic heterocycles. The van der Waals surface area contributed by atoms with E-state index < -0.39 is 25.6 Å². The van der Waals surface area contributed by atoms with Crippen LogP contribution in [0, 0.1) is 0 Å². The summed E-state index contributed by atoms with van der Waals surface area (Å²) in [7, 11) is -6.21. The van der Waals surface area contributed by atoms with Crippen LogP contribution in [-0.4, -0.2) is 81.2 Å². The van der Waals surface area contributed by atoms with Crippen LogP contribution in [0.5, 0.6) is 0 Å². The number of sulfonamides is 2. The van der Waals surface area contributed by atoms with E-state index in [9.17, 15) is 21.6 Å². The molecule has 0 spiro atoms. The van der Waals surface area contributed by atoms with Gasteiger partial charge >= 0.3 is 6.09 Å². The smallest absolute Gasteiger partial charge is 0.410 e. The Morgan fingerprint density at radius 1 is 0.917 bits per heavy atom. The molecule has 0 radical (unpaired) electrons. The van der Waals surface area contributed by atoms with E-state index in [1.165, 1.54) is 0 Å². The summed E-state index contributed by atoms with van der Waals surface area (Å²) in [6.07, 6.45) is 6.26. The highest BCUT2D eigenvalue weighted by Gasteiger charge is 2.42. The van der Waals surface area contributed by atoms with Crippen molar-refractivity contribution in [3.8, 4) is 0 Å². The average molecular weight is 573 g/mol. The predicted molar refractivity (Wildman–Crippen MR) is 143 cm³/mol. The van der Waals surface area contributed by atoms with Crippen LogP contribution in [0.3, 0.4) is 0 Å². The van der Waals surface area contributed by atoms with E-state index in [0.717, 1.165) is 51.5 Å². The van der Waals surface area contributed by atoms with Gasteiger partial charge in [0.25, 0.3) is 0 Å². The molecule has 10 nitrogen and oxygen atoms in total. The molecule has 3 N–H and O–H groups in total. The number of halogens is 1. The largest absolute Gasteiger partial charge is 0.444 e. The third kappa shape index (κ3) is 9.27. The first kappa shape index (κ1) is 31.6. The summed E-state index contributed by atoms with van der Waals surface area (Å²) >= 11 is 0. The average Bonchev–Trinajstić information content (AvgIpc) is 3.67. The van der Waals surface area contributed by atoms with Gasteiger partial charge in [-0.25, -0.2) is 31.1 Å². The molecule has 2 heterocycles. The lowest BCUT2D eigenvalue weighted by Crippen LogP contribution is -2.42. The molecule has 0 bridgehead atoms. The zero-order valence-corrected chi connectivity index (χ0v) is 24.6. The molecule has 212 valence electrons. The quantitative estimate of drug-likeness (QED) is 0.407. The molecule has 4 atom stereocenters. The number of nitrogens with zero attached hydrogens (tertiary/aromatic N) is 1. The first-order chi connectivity index (χ1) is 16.2. The van der Waals surface area contributed by atoms with Crippen LogP contribution in [0.4, 0.5) is 4.79 Å². The van der Waals surface area contributed by atoms with Gasteiger partial charge in [0.2, 0.25) is 20.0 Å². The highest BCUT2D eigenvalue weighted by Crippen LogP contribution is 2.30. The second-order valence-electron chi connectivity index (χ2n) is 11.3. The van der Waals surface area contributed by atoms with Crippen LogP contribution in [-0.2, 0) is 24.8 Å². The Morgan fingerprint density at radius 2 is 1.44 bits per heavy atom. The molecule has 2 saturated heterocycles. The minimum atomic E-state index is -3.22. The summed E-state index contributed by atoms with van der Waals surface area (Å²) in [6, 6.07) is 0.437. The van der Waals surface area contributed by atoms with Gasteiger partial charge in [-0.1, -0.05) is 13.8 Å². The molecule has 0 unspecified atom stereocenters. The summed E-state index contributed by atoms with van der Waals surface area (Å²) in [6.45, 7) is 10.8. The number of ether oxygens (including phenoxy) is 1. The van der Waals surface area contributed by atoms with Crippen molar-refractivity contribution in [3.63, 3.8) is 0 Å². The Morgan fingerprint density at radius 3 is 1.86 bits per heavy atom. The Kier molecular flexibility index (Phi) is 10.9. The Balaban J connectivity index is 0.000000265. The Bertz CT molecular complexity index is 948. The molecule has 1 amide bonds. The number of nitrogens with one attached hydrogen (secondary N) is 3. The molecule has 13 heteroatoms. The fourth-order valence-corrected chi connectivity index (χ4v) is 7.74. The second kappa shape index (κ2) is 12.5. The van der Waals surface area contributed by atoms with Crippen molar-refractivity contribution in [3.05, 3.63) is 0 Å². The number of carbonyl (C=O) groups excluding carboxylic acids is 1. The molecule has 2 saturated carbocycles. The highest BCUT2D eigenvalue weighted by atomic mass is 35.5.